The second-order valence-electron chi connectivity index (χ2n) is 4.50. The fourth-order valence-corrected chi connectivity index (χ4v) is 2.04. The highest BCUT2D eigenvalue weighted by Gasteiger charge is 2.11. The third-order valence-electron chi connectivity index (χ3n) is 2.92. The molecule has 0 spiro atoms. The van der Waals surface area contributed by atoms with Gasteiger partial charge in [0.05, 0.1) is 12.8 Å². The van der Waals surface area contributed by atoms with E-state index in [2.05, 4.69) is 23.5 Å². The van der Waals surface area contributed by atoms with Gasteiger partial charge in [-0.15, -0.1) is 0 Å². The van der Waals surface area contributed by atoms with Crippen molar-refractivity contribution in [1.29, 1.82) is 0 Å². The van der Waals surface area contributed by atoms with E-state index in [0.717, 1.165) is 32.7 Å². The summed E-state index contributed by atoms with van der Waals surface area (Å²) >= 11 is 0. The number of rotatable bonds is 5. The Morgan fingerprint density at radius 1 is 1.62 bits per heavy atom. The van der Waals surface area contributed by atoms with Crippen molar-refractivity contribution in [3.05, 3.63) is 18.0 Å². The molecule has 2 heterocycles. The summed E-state index contributed by atoms with van der Waals surface area (Å²) in [6.45, 7) is 5.92. The van der Waals surface area contributed by atoms with Crippen molar-refractivity contribution in [2.75, 3.05) is 19.8 Å². The van der Waals surface area contributed by atoms with E-state index in [1.165, 1.54) is 18.4 Å². The summed E-state index contributed by atoms with van der Waals surface area (Å²) in [6, 6.07) is 0.563. The van der Waals surface area contributed by atoms with Crippen LogP contribution in [0.1, 0.15) is 24.8 Å². The van der Waals surface area contributed by atoms with Crippen LogP contribution in [0.2, 0.25) is 0 Å². The van der Waals surface area contributed by atoms with Crippen LogP contribution in [0.3, 0.4) is 0 Å². The van der Waals surface area contributed by atoms with Crippen LogP contribution >= 0.6 is 0 Å². The standard InChI is InChI=1S/C12H21N3O/c1-11-8-14-15(9-11)6-3-5-13-12-4-2-7-16-10-12/h8-9,12-13H,2-7,10H2,1H3. The Kier molecular flexibility index (Phi) is 4.36. The van der Waals surface area contributed by atoms with Crippen molar-refractivity contribution >= 4 is 0 Å². The average molecular weight is 223 g/mol. The molecule has 0 aromatic carbocycles. The molecule has 1 aliphatic heterocycles. The number of aryl methyl sites for hydroxylation is 2. The summed E-state index contributed by atoms with van der Waals surface area (Å²) in [4.78, 5) is 0. The fraction of sp³-hybridized carbons (Fsp3) is 0.750. The van der Waals surface area contributed by atoms with Crippen molar-refractivity contribution in [1.82, 2.24) is 15.1 Å². The first kappa shape index (κ1) is 11.6. The molecular weight excluding hydrogens is 202 g/mol. The first-order valence-electron chi connectivity index (χ1n) is 6.15. The maximum absolute atomic E-state index is 5.42. The molecule has 1 saturated heterocycles. The van der Waals surface area contributed by atoms with Gasteiger partial charge in [0.25, 0.3) is 0 Å². The van der Waals surface area contributed by atoms with Crippen LogP contribution in [0.5, 0.6) is 0 Å². The van der Waals surface area contributed by atoms with Crippen LogP contribution in [0.15, 0.2) is 12.4 Å². The number of nitrogens with one attached hydrogen (secondary N) is 1. The normalized spacial score (nSPS) is 21.2. The molecule has 1 atom stereocenters. The van der Waals surface area contributed by atoms with Crippen molar-refractivity contribution in [3.63, 3.8) is 0 Å². The minimum Gasteiger partial charge on any atom is -0.380 e. The molecule has 1 aromatic rings. The zero-order chi connectivity index (χ0) is 11.2. The highest BCUT2D eigenvalue weighted by Crippen LogP contribution is 2.05. The first-order chi connectivity index (χ1) is 7.84. The number of ether oxygens (including phenoxy) is 1. The van der Waals surface area contributed by atoms with E-state index in [1.807, 2.05) is 10.9 Å². The van der Waals surface area contributed by atoms with E-state index in [4.69, 9.17) is 4.74 Å². The van der Waals surface area contributed by atoms with Gasteiger partial charge in [0, 0.05) is 25.4 Å². The molecule has 0 aliphatic carbocycles. The maximum Gasteiger partial charge on any atom is 0.0619 e. The molecule has 16 heavy (non-hydrogen) atoms. The molecule has 0 saturated carbocycles. The van der Waals surface area contributed by atoms with Crippen LogP contribution in [0.4, 0.5) is 0 Å². The molecule has 1 unspecified atom stereocenters. The lowest BCUT2D eigenvalue weighted by atomic mass is 10.1. The third kappa shape index (κ3) is 3.61. The molecule has 1 aliphatic rings. The van der Waals surface area contributed by atoms with Crippen molar-refractivity contribution in [3.8, 4) is 0 Å². The van der Waals surface area contributed by atoms with Gasteiger partial charge in [0.2, 0.25) is 0 Å². The summed E-state index contributed by atoms with van der Waals surface area (Å²) in [5, 5.41) is 7.80. The summed E-state index contributed by atoms with van der Waals surface area (Å²) < 4.78 is 7.43. The third-order valence-corrected chi connectivity index (χ3v) is 2.92. The lowest BCUT2D eigenvalue weighted by molar-refractivity contribution is 0.0704. The van der Waals surface area contributed by atoms with Crippen molar-refractivity contribution in [2.24, 2.45) is 0 Å². The monoisotopic (exact) mass is 223 g/mol. The van der Waals surface area contributed by atoms with Gasteiger partial charge in [0.15, 0.2) is 0 Å². The predicted molar refractivity (Wildman–Crippen MR) is 63.4 cm³/mol. The van der Waals surface area contributed by atoms with Gasteiger partial charge in [-0.2, -0.15) is 5.10 Å². The molecule has 1 N–H and O–H groups in total. The Bertz CT molecular complexity index is 305. The lowest BCUT2D eigenvalue weighted by Gasteiger charge is -2.23. The van der Waals surface area contributed by atoms with Gasteiger partial charge in [-0.3, -0.25) is 4.68 Å². The molecule has 1 aromatic heterocycles. The van der Waals surface area contributed by atoms with E-state index in [0.29, 0.717) is 6.04 Å². The molecule has 1 fully saturated rings. The summed E-state index contributed by atoms with van der Waals surface area (Å²) in [6.07, 6.45) is 7.56. The topological polar surface area (TPSA) is 39.1 Å². The van der Waals surface area contributed by atoms with Crippen LogP contribution in [-0.4, -0.2) is 35.6 Å². The minimum atomic E-state index is 0.563. The van der Waals surface area contributed by atoms with Gasteiger partial charge in [0.1, 0.15) is 0 Å². The van der Waals surface area contributed by atoms with E-state index in [-0.39, 0.29) is 0 Å². The minimum absolute atomic E-state index is 0.563. The Hall–Kier alpha value is -0.870. The smallest absolute Gasteiger partial charge is 0.0619 e. The molecule has 0 radical (unpaired) electrons. The molecule has 0 amide bonds. The van der Waals surface area contributed by atoms with Gasteiger partial charge in [-0.05, 0) is 38.3 Å². The fourth-order valence-electron chi connectivity index (χ4n) is 2.04. The van der Waals surface area contributed by atoms with E-state index >= 15 is 0 Å². The van der Waals surface area contributed by atoms with E-state index < -0.39 is 0 Å². The van der Waals surface area contributed by atoms with E-state index in [1.54, 1.807) is 0 Å². The quantitative estimate of drug-likeness (QED) is 0.766. The zero-order valence-electron chi connectivity index (χ0n) is 9.98. The molecule has 90 valence electrons. The van der Waals surface area contributed by atoms with Gasteiger partial charge < -0.3 is 10.1 Å². The van der Waals surface area contributed by atoms with Crippen LogP contribution in [0, 0.1) is 6.92 Å². The van der Waals surface area contributed by atoms with Crippen molar-refractivity contribution in [2.45, 2.75) is 38.8 Å². The SMILES string of the molecule is Cc1cnn(CCCNC2CCCOC2)c1. The number of hydrogen-bond donors (Lipinski definition) is 1. The van der Waals surface area contributed by atoms with Gasteiger partial charge in [-0.25, -0.2) is 0 Å². The Morgan fingerprint density at radius 3 is 3.25 bits per heavy atom. The van der Waals surface area contributed by atoms with Crippen molar-refractivity contribution < 1.29 is 4.74 Å². The van der Waals surface area contributed by atoms with Gasteiger partial charge >= 0.3 is 0 Å². The first-order valence-corrected chi connectivity index (χ1v) is 6.15. The molecule has 0 bridgehead atoms. The Morgan fingerprint density at radius 2 is 2.56 bits per heavy atom. The largest absolute Gasteiger partial charge is 0.380 e. The Labute approximate surface area is 97.0 Å². The second kappa shape index (κ2) is 6.01. The molecule has 2 rings (SSSR count). The average Bonchev–Trinajstić information content (AvgIpc) is 2.72. The van der Waals surface area contributed by atoms with Crippen LogP contribution in [-0.2, 0) is 11.3 Å². The second-order valence-corrected chi connectivity index (χ2v) is 4.50. The lowest BCUT2D eigenvalue weighted by Crippen LogP contribution is -2.37. The Balaban J connectivity index is 1.57. The van der Waals surface area contributed by atoms with Crippen LogP contribution < -0.4 is 5.32 Å². The van der Waals surface area contributed by atoms with E-state index in [9.17, 15) is 0 Å². The zero-order valence-corrected chi connectivity index (χ0v) is 9.98. The summed E-state index contributed by atoms with van der Waals surface area (Å²) in [5.74, 6) is 0. The molecule has 4 heteroatoms. The maximum atomic E-state index is 5.42. The molecular formula is C12H21N3O. The highest BCUT2D eigenvalue weighted by atomic mass is 16.5. The number of hydrogen-bond acceptors (Lipinski definition) is 3. The predicted octanol–water partition coefficient (Wildman–Crippen LogP) is 1.35. The molecule has 4 nitrogen and oxygen atoms in total. The van der Waals surface area contributed by atoms with Gasteiger partial charge in [-0.1, -0.05) is 0 Å². The highest BCUT2D eigenvalue weighted by molar-refractivity contribution is 4.99. The van der Waals surface area contributed by atoms with Crippen LogP contribution in [0.25, 0.3) is 0 Å². The summed E-state index contributed by atoms with van der Waals surface area (Å²) in [5.41, 5.74) is 1.23. The number of nitrogens with zero attached hydrogens (tertiary/aromatic N) is 2. The number of aromatic nitrogens is 2. The summed E-state index contributed by atoms with van der Waals surface area (Å²) in [7, 11) is 0.